The van der Waals surface area contributed by atoms with E-state index in [4.69, 9.17) is 6.42 Å². The predicted octanol–water partition coefficient (Wildman–Crippen LogP) is 3.10. The molecular weight excluding hydrogens is 236 g/mol. The third-order valence-corrected chi connectivity index (χ3v) is 3.05. The SMILES string of the molecule is C#CCC(CC)NC(C)c1cccc(NC(C)=O)c1. The number of anilines is 1. The molecule has 0 saturated heterocycles. The van der Waals surface area contributed by atoms with Crippen molar-refractivity contribution in [1.82, 2.24) is 5.32 Å². The Morgan fingerprint density at radius 2 is 2.21 bits per heavy atom. The van der Waals surface area contributed by atoms with Crippen LogP contribution in [0.2, 0.25) is 0 Å². The van der Waals surface area contributed by atoms with Crippen molar-refractivity contribution in [3.8, 4) is 12.3 Å². The molecule has 0 radical (unpaired) electrons. The molecule has 0 fully saturated rings. The molecule has 3 nitrogen and oxygen atoms in total. The van der Waals surface area contributed by atoms with Crippen LogP contribution in [-0.2, 0) is 4.79 Å². The van der Waals surface area contributed by atoms with Crippen LogP contribution in [-0.4, -0.2) is 11.9 Å². The van der Waals surface area contributed by atoms with E-state index in [1.165, 1.54) is 6.92 Å². The summed E-state index contributed by atoms with van der Waals surface area (Å²) in [5, 5.41) is 6.30. The van der Waals surface area contributed by atoms with Gasteiger partial charge < -0.3 is 10.6 Å². The number of amides is 1. The number of nitrogens with one attached hydrogen (secondary N) is 2. The van der Waals surface area contributed by atoms with Gasteiger partial charge in [-0.25, -0.2) is 0 Å². The summed E-state index contributed by atoms with van der Waals surface area (Å²) in [6.07, 6.45) is 7.09. The molecule has 2 unspecified atom stereocenters. The number of hydrogen-bond acceptors (Lipinski definition) is 2. The minimum Gasteiger partial charge on any atom is -0.326 e. The van der Waals surface area contributed by atoms with Gasteiger partial charge in [0.15, 0.2) is 0 Å². The van der Waals surface area contributed by atoms with Gasteiger partial charge in [-0.15, -0.1) is 12.3 Å². The van der Waals surface area contributed by atoms with Crippen molar-refractivity contribution in [2.75, 3.05) is 5.32 Å². The van der Waals surface area contributed by atoms with E-state index < -0.39 is 0 Å². The van der Waals surface area contributed by atoms with Crippen LogP contribution in [0, 0.1) is 12.3 Å². The molecule has 0 aromatic heterocycles. The van der Waals surface area contributed by atoms with Crippen LogP contribution in [0.15, 0.2) is 24.3 Å². The van der Waals surface area contributed by atoms with E-state index >= 15 is 0 Å². The Morgan fingerprint density at radius 1 is 1.47 bits per heavy atom. The lowest BCUT2D eigenvalue weighted by Crippen LogP contribution is -2.30. The highest BCUT2D eigenvalue weighted by Gasteiger charge is 2.11. The number of carbonyl (C=O) groups is 1. The summed E-state index contributed by atoms with van der Waals surface area (Å²) in [6, 6.07) is 8.39. The zero-order valence-electron chi connectivity index (χ0n) is 11.9. The molecule has 2 atom stereocenters. The molecule has 0 heterocycles. The Kier molecular flexibility index (Phi) is 6.11. The average molecular weight is 258 g/mol. The number of carbonyl (C=O) groups excluding carboxylic acids is 1. The molecule has 1 rings (SSSR count). The molecule has 0 aliphatic heterocycles. The summed E-state index contributed by atoms with van der Waals surface area (Å²) in [5.41, 5.74) is 1.96. The smallest absolute Gasteiger partial charge is 0.221 e. The highest BCUT2D eigenvalue weighted by molar-refractivity contribution is 5.88. The molecule has 2 N–H and O–H groups in total. The van der Waals surface area contributed by atoms with E-state index in [0.717, 1.165) is 24.1 Å². The Bertz CT molecular complexity index is 462. The van der Waals surface area contributed by atoms with E-state index in [0.29, 0.717) is 6.04 Å². The summed E-state index contributed by atoms with van der Waals surface area (Å²) < 4.78 is 0. The second-order valence-electron chi connectivity index (χ2n) is 4.71. The largest absolute Gasteiger partial charge is 0.326 e. The number of hydrogen-bond donors (Lipinski definition) is 2. The highest BCUT2D eigenvalue weighted by Crippen LogP contribution is 2.18. The molecule has 102 valence electrons. The van der Waals surface area contributed by atoms with Gasteiger partial charge in [0.25, 0.3) is 0 Å². The highest BCUT2D eigenvalue weighted by atomic mass is 16.1. The Morgan fingerprint density at radius 3 is 2.79 bits per heavy atom. The molecule has 1 amide bonds. The van der Waals surface area contributed by atoms with E-state index in [9.17, 15) is 4.79 Å². The van der Waals surface area contributed by atoms with Gasteiger partial charge in [0.2, 0.25) is 5.91 Å². The van der Waals surface area contributed by atoms with Crippen LogP contribution in [0.3, 0.4) is 0 Å². The molecule has 0 saturated carbocycles. The molecule has 1 aromatic carbocycles. The lowest BCUT2D eigenvalue weighted by Gasteiger charge is -2.21. The van der Waals surface area contributed by atoms with Crippen LogP contribution in [0.5, 0.6) is 0 Å². The third kappa shape index (κ3) is 5.15. The fourth-order valence-corrected chi connectivity index (χ4v) is 2.00. The maximum absolute atomic E-state index is 11.1. The zero-order valence-corrected chi connectivity index (χ0v) is 11.9. The third-order valence-electron chi connectivity index (χ3n) is 3.05. The summed E-state index contributed by atoms with van der Waals surface area (Å²) in [4.78, 5) is 11.1. The summed E-state index contributed by atoms with van der Waals surface area (Å²) in [7, 11) is 0. The minimum atomic E-state index is -0.0588. The van der Waals surface area contributed by atoms with E-state index in [1.54, 1.807) is 0 Å². The Balaban J connectivity index is 2.73. The fraction of sp³-hybridized carbons (Fsp3) is 0.438. The Hall–Kier alpha value is -1.79. The second-order valence-corrected chi connectivity index (χ2v) is 4.71. The lowest BCUT2D eigenvalue weighted by molar-refractivity contribution is -0.114. The second kappa shape index (κ2) is 7.60. The maximum Gasteiger partial charge on any atom is 0.221 e. The first-order valence-corrected chi connectivity index (χ1v) is 6.63. The zero-order chi connectivity index (χ0) is 14.3. The predicted molar refractivity (Wildman–Crippen MR) is 79.8 cm³/mol. The standard InChI is InChI=1S/C16H22N2O/c1-5-8-15(6-2)17-12(3)14-9-7-10-16(11-14)18-13(4)19/h1,7,9-12,15,17H,6,8H2,2-4H3,(H,18,19). The molecule has 0 aliphatic rings. The molecule has 0 spiro atoms. The van der Waals surface area contributed by atoms with Crippen LogP contribution >= 0.6 is 0 Å². The normalized spacial score (nSPS) is 13.4. The van der Waals surface area contributed by atoms with Gasteiger partial charge in [-0.05, 0) is 31.0 Å². The number of benzene rings is 1. The van der Waals surface area contributed by atoms with Crippen LogP contribution in [0.25, 0.3) is 0 Å². The molecule has 0 aliphatic carbocycles. The first-order chi connectivity index (χ1) is 9.06. The van der Waals surface area contributed by atoms with Crippen molar-refractivity contribution in [2.45, 2.75) is 45.7 Å². The van der Waals surface area contributed by atoms with Crippen molar-refractivity contribution in [3.05, 3.63) is 29.8 Å². The summed E-state index contributed by atoms with van der Waals surface area (Å²) >= 11 is 0. The van der Waals surface area contributed by atoms with E-state index in [-0.39, 0.29) is 11.9 Å². The van der Waals surface area contributed by atoms with Crippen molar-refractivity contribution < 1.29 is 4.79 Å². The van der Waals surface area contributed by atoms with E-state index in [2.05, 4.69) is 30.4 Å². The van der Waals surface area contributed by atoms with Gasteiger partial charge in [-0.1, -0.05) is 19.1 Å². The summed E-state index contributed by atoms with van der Waals surface area (Å²) in [6.45, 7) is 5.73. The first kappa shape index (κ1) is 15.3. The van der Waals surface area contributed by atoms with Gasteiger partial charge in [0, 0.05) is 31.1 Å². The average Bonchev–Trinajstić information content (AvgIpc) is 2.37. The lowest BCUT2D eigenvalue weighted by atomic mass is 10.0. The van der Waals surface area contributed by atoms with Crippen LogP contribution < -0.4 is 10.6 Å². The minimum absolute atomic E-state index is 0.0588. The van der Waals surface area contributed by atoms with Gasteiger partial charge >= 0.3 is 0 Å². The quantitative estimate of drug-likeness (QED) is 0.770. The number of rotatable bonds is 6. The van der Waals surface area contributed by atoms with Crippen LogP contribution in [0.4, 0.5) is 5.69 Å². The van der Waals surface area contributed by atoms with Crippen molar-refractivity contribution in [1.29, 1.82) is 0 Å². The fourth-order valence-electron chi connectivity index (χ4n) is 2.00. The summed E-state index contributed by atoms with van der Waals surface area (Å²) in [5.74, 6) is 2.63. The molecular formula is C16H22N2O. The van der Waals surface area contributed by atoms with Crippen molar-refractivity contribution in [3.63, 3.8) is 0 Å². The van der Waals surface area contributed by atoms with Crippen molar-refractivity contribution in [2.24, 2.45) is 0 Å². The molecule has 3 heteroatoms. The monoisotopic (exact) mass is 258 g/mol. The van der Waals surface area contributed by atoms with Gasteiger partial charge in [-0.2, -0.15) is 0 Å². The van der Waals surface area contributed by atoms with Crippen LogP contribution in [0.1, 0.15) is 45.2 Å². The molecule has 19 heavy (non-hydrogen) atoms. The maximum atomic E-state index is 11.1. The van der Waals surface area contributed by atoms with Crippen molar-refractivity contribution >= 4 is 11.6 Å². The number of terminal acetylenes is 1. The molecule has 0 bridgehead atoms. The first-order valence-electron chi connectivity index (χ1n) is 6.63. The van der Waals surface area contributed by atoms with Gasteiger partial charge in [0.05, 0.1) is 0 Å². The van der Waals surface area contributed by atoms with Gasteiger partial charge in [-0.3, -0.25) is 4.79 Å². The Labute approximate surface area is 115 Å². The van der Waals surface area contributed by atoms with Gasteiger partial charge in [0.1, 0.15) is 0 Å². The van der Waals surface area contributed by atoms with E-state index in [1.807, 2.05) is 24.3 Å². The molecule has 1 aromatic rings. The topological polar surface area (TPSA) is 41.1 Å².